The molecular weight excluding hydrogens is 403 g/mol. The highest BCUT2D eigenvalue weighted by molar-refractivity contribution is 7.12. The van der Waals surface area contributed by atoms with Gasteiger partial charge < -0.3 is 10.1 Å². The Balaban J connectivity index is 1.74. The molecule has 3 nitrogen and oxygen atoms in total. The van der Waals surface area contributed by atoms with Crippen molar-refractivity contribution in [2.45, 2.75) is 6.61 Å². The van der Waals surface area contributed by atoms with Gasteiger partial charge in [-0.05, 0) is 35.7 Å². The molecule has 0 fully saturated rings. The van der Waals surface area contributed by atoms with Gasteiger partial charge >= 0.3 is 0 Å². The second-order valence-corrected chi connectivity index (χ2v) is 6.91. The standard InChI is InChI=1S/C18H11Cl2F2NO2S/c19-12-2-1-3-13(20)11(12)9-25-16-6-7-26-17(16)18(24)23-15-5-4-10(21)8-14(15)22/h1-8H,9H2,(H,23,24). The zero-order valence-electron chi connectivity index (χ0n) is 13.1. The molecule has 3 aromatic rings. The Bertz CT molecular complexity index is 942. The van der Waals surface area contributed by atoms with E-state index in [9.17, 15) is 13.6 Å². The molecule has 0 unspecified atom stereocenters. The third-order valence-corrected chi connectivity index (χ3v) is 5.05. The second kappa shape index (κ2) is 8.03. The number of halogens is 4. The zero-order chi connectivity index (χ0) is 18.7. The number of nitrogens with one attached hydrogen (secondary N) is 1. The number of ether oxygens (including phenoxy) is 1. The van der Waals surface area contributed by atoms with Gasteiger partial charge in [0.1, 0.15) is 28.9 Å². The fourth-order valence-corrected chi connectivity index (χ4v) is 3.40. The number of carbonyl (C=O) groups excluding carboxylic acids is 1. The lowest BCUT2D eigenvalue weighted by Crippen LogP contribution is -2.13. The third kappa shape index (κ3) is 4.15. The van der Waals surface area contributed by atoms with Crippen LogP contribution in [0.1, 0.15) is 15.2 Å². The molecule has 26 heavy (non-hydrogen) atoms. The topological polar surface area (TPSA) is 38.3 Å². The lowest BCUT2D eigenvalue weighted by molar-refractivity contribution is 0.102. The van der Waals surface area contributed by atoms with Crippen molar-refractivity contribution in [3.8, 4) is 5.75 Å². The molecule has 0 radical (unpaired) electrons. The molecule has 134 valence electrons. The number of hydrogen-bond donors (Lipinski definition) is 1. The molecule has 0 aliphatic heterocycles. The Morgan fingerprint density at radius 3 is 2.54 bits per heavy atom. The number of anilines is 1. The second-order valence-electron chi connectivity index (χ2n) is 5.18. The summed E-state index contributed by atoms with van der Waals surface area (Å²) in [4.78, 5) is 12.6. The number of benzene rings is 2. The number of thiophene rings is 1. The minimum Gasteiger partial charge on any atom is -0.487 e. The Labute approximate surface area is 162 Å². The fourth-order valence-electron chi connectivity index (χ4n) is 2.17. The van der Waals surface area contributed by atoms with Crippen LogP contribution in [0.5, 0.6) is 5.75 Å². The van der Waals surface area contributed by atoms with Gasteiger partial charge in [-0.1, -0.05) is 29.3 Å². The van der Waals surface area contributed by atoms with E-state index in [1.165, 1.54) is 0 Å². The van der Waals surface area contributed by atoms with E-state index in [-0.39, 0.29) is 17.2 Å². The van der Waals surface area contributed by atoms with E-state index in [1.807, 2.05) is 0 Å². The molecule has 1 aromatic heterocycles. The van der Waals surface area contributed by atoms with Crippen LogP contribution in [-0.4, -0.2) is 5.91 Å². The van der Waals surface area contributed by atoms with Gasteiger partial charge in [0.05, 0.1) is 5.69 Å². The van der Waals surface area contributed by atoms with Crippen LogP contribution in [0.4, 0.5) is 14.5 Å². The smallest absolute Gasteiger partial charge is 0.269 e. The Kier molecular flexibility index (Phi) is 5.76. The molecule has 8 heteroatoms. The molecular formula is C18H11Cl2F2NO2S. The van der Waals surface area contributed by atoms with Crippen LogP contribution in [0.15, 0.2) is 47.8 Å². The van der Waals surface area contributed by atoms with Crippen molar-refractivity contribution in [1.82, 2.24) is 0 Å². The first-order valence-corrected chi connectivity index (χ1v) is 8.99. The van der Waals surface area contributed by atoms with Crippen molar-refractivity contribution in [2.24, 2.45) is 0 Å². The lowest BCUT2D eigenvalue weighted by atomic mass is 10.2. The summed E-state index contributed by atoms with van der Waals surface area (Å²) in [6.07, 6.45) is 0. The first-order chi connectivity index (χ1) is 12.5. The average Bonchev–Trinajstić information content (AvgIpc) is 3.05. The Morgan fingerprint density at radius 2 is 1.85 bits per heavy atom. The van der Waals surface area contributed by atoms with Crippen LogP contribution in [-0.2, 0) is 6.61 Å². The Morgan fingerprint density at radius 1 is 1.12 bits per heavy atom. The van der Waals surface area contributed by atoms with E-state index < -0.39 is 17.5 Å². The third-order valence-electron chi connectivity index (χ3n) is 3.45. The minimum atomic E-state index is -0.861. The maximum atomic E-state index is 13.7. The number of hydrogen-bond acceptors (Lipinski definition) is 3. The number of amides is 1. The van der Waals surface area contributed by atoms with Gasteiger partial charge in [-0.25, -0.2) is 8.78 Å². The van der Waals surface area contributed by atoms with E-state index in [4.69, 9.17) is 27.9 Å². The predicted molar refractivity (Wildman–Crippen MR) is 99.4 cm³/mol. The summed E-state index contributed by atoms with van der Waals surface area (Å²) in [5, 5.41) is 4.97. The number of carbonyl (C=O) groups is 1. The first-order valence-electron chi connectivity index (χ1n) is 7.35. The normalized spacial score (nSPS) is 10.6. The van der Waals surface area contributed by atoms with Crippen LogP contribution < -0.4 is 10.1 Å². The van der Waals surface area contributed by atoms with Gasteiger partial charge in [-0.2, -0.15) is 0 Å². The molecule has 1 amide bonds. The predicted octanol–water partition coefficient (Wildman–Crippen LogP) is 6.16. The summed E-state index contributed by atoms with van der Waals surface area (Å²) in [5.74, 6) is -1.84. The van der Waals surface area contributed by atoms with E-state index in [2.05, 4.69) is 5.32 Å². The van der Waals surface area contributed by atoms with Crippen LogP contribution in [0.2, 0.25) is 10.0 Å². The molecule has 0 aliphatic rings. The largest absolute Gasteiger partial charge is 0.487 e. The van der Waals surface area contributed by atoms with Crippen LogP contribution >= 0.6 is 34.5 Å². The Hall–Kier alpha value is -2.15. The van der Waals surface area contributed by atoms with Crippen molar-refractivity contribution in [3.63, 3.8) is 0 Å². The van der Waals surface area contributed by atoms with Crippen LogP contribution in [0.25, 0.3) is 0 Å². The van der Waals surface area contributed by atoms with Gasteiger partial charge in [0.2, 0.25) is 0 Å². The van der Waals surface area contributed by atoms with Crippen molar-refractivity contribution < 1.29 is 18.3 Å². The van der Waals surface area contributed by atoms with Crippen LogP contribution in [0, 0.1) is 11.6 Å². The van der Waals surface area contributed by atoms with Crippen molar-refractivity contribution in [3.05, 3.63) is 80.0 Å². The van der Waals surface area contributed by atoms with E-state index >= 15 is 0 Å². The quantitative estimate of drug-likeness (QED) is 0.543. The molecule has 2 aromatic carbocycles. The molecule has 1 heterocycles. The van der Waals surface area contributed by atoms with E-state index in [0.29, 0.717) is 27.4 Å². The summed E-state index contributed by atoms with van der Waals surface area (Å²) < 4.78 is 32.3. The highest BCUT2D eigenvalue weighted by Gasteiger charge is 2.17. The molecule has 1 N–H and O–H groups in total. The fraction of sp³-hybridized carbons (Fsp3) is 0.0556. The lowest BCUT2D eigenvalue weighted by Gasteiger charge is -2.10. The molecule has 0 atom stereocenters. The molecule has 0 saturated heterocycles. The van der Waals surface area contributed by atoms with Gasteiger partial charge in [-0.3, -0.25) is 4.79 Å². The van der Waals surface area contributed by atoms with Gasteiger partial charge in [-0.15, -0.1) is 11.3 Å². The SMILES string of the molecule is O=C(Nc1ccc(F)cc1F)c1sccc1OCc1c(Cl)cccc1Cl. The molecule has 0 saturated carbocycles. The summed E-state index contributed by atoms with van der Waals surface area (Å²) in [5.41, 5.74) is 0.475. The molecule has 0 spiro atoms. The van der Waals surface area contributed by atoms with Crippen LogP contribution in [0.3, 0.4) is 0 Å². The van der Waals surface area contributed by atoms with Crippen molar-refractivity contribution in [2.75, 3.05) is 5.32 Å². The van der Waals surface area contributed by atoms with Gasteiger partial charge in [0.25, 0.3) is 5.91 Å². The summed E-state index contributed by atoms with van der Waals surface area (Å²) >= 11 is 13.3. The maximum Gasteiger partial charge on any atom is 0.269 e. The summed E-state index contributed by atoms with van der Waals surface area (Å²) in [6, 6.07) is 9.61. The van der Waals surface area contributed by atoms with E-state index in [0.717, 1.165) is 23.5 Å². The minimum absolute atomic E-state index is 0.0699. The van der Waals surface area contributed by atoms with Gasteiger partial charge in [0.15, 0.2) is 0 Å². The first kappa shape index (κ1) is 18.6. The molecule has 0 aliphatic carbocycles. The highest BCUT2D eigenvalue weighted by Crippen LogP contribution is 2.30. The highest BCUT2D eigenvalue weighted by atomic mass is 35.5. The average molecular weight is 414 g/mol. The molecule has 3 rings (SSSR count). The molecule has 0 bridgehead atoms. The van der Waals surface area contributed by atoms with E-state index in [1.54, 1.807) is 29.6 Å². The van der Waals surface area contributed by atoms with Gasteiger partial charge in [0, 0.05) is 21.7 Å². The zero-order valence-corrected chi connectivity index (χ0v) is 15.4. The van der Waals surface area contributed by atoms with Crippen molar-refractivity contribution in [1.29, 1.82) is 0 Å². The monoisotopic (exact) mass is 413 g/mol. The number of rotatable bonds is 5. The maximum absolute atomic E-state index is 13.7. The summed E-state index contributed by atoms with van der Waals surface area (Å²) in [7, 11) is 0. The summed E-state index contributed by atoms with van der Waals surface area (Å²) in [6.45, 7) is 0.0699. The van der Waals surface area contributed by atoms with Crippen molar-refractivity contribution >= 4 is 46.1 Å².